The number of nitrogens with one attached hydrogen (secondary N) is 1. The van der Waals surface area contributed by atoms with E-state index in [4.69, 9.17) is 0 Å². The van der Waals surface area contributed by atoms with Gasteiger partial charge in [0.05, 0.1) is 6.54 Å². The molecular formula is C23H19F2N3O3S. The number of amides is 4. The minimum Gasteiger partial charge on any atom is -0.319 e. The Balaban J connectivity index is 1.58. The van der Waals surface area contributed by atoms with Crippen molar-refractivity contribution in [3.63, 3.8) is 0 Å². The number of hydrogen-bond donors (Lipinski definition) is 1. The second-order valence-corrected chi connectivity index (χ2v) is 8.52. The Morgan fingerprint density at radius 3 is 2.25 bits per heavy atom. The number of hydrogen-bond acceptors (Lipinski definition) is 4. The fourth-order valence-corrected chi connectivity index (χ4v) is 4.24. The third kappa shape index (κ3) is 4.11. The number of rotatable bonds is 6. The normalized spacial score (nSPS) is 18.0. The third-order valence-corrected chi connectivity index (χ3v) is 6.18. The second-order valence-electron chi connectivity index (χ2n) is 7.49. The summed E-state index contributed by atoms with van der Waals surface area (Å²) in [5, 5.41) is 4.47. The fourth-order valence-electron chi connectivity index (χ4n) is 3.54. The highest BCUT2D eigenvalue weighted by Gasteiger charge is 2.49. The molecule has 0 saturated carbocycles. The molecule has 0 radical (unpaired) electrons. The summed E-state index contributed by atoms with van der Waals surface area (Å²) in [4.78, 5) is 42.0. The molecule has 32 heavy (non-hydrogen) atoms. The molecule has 4 amide bonds. The molecule has 0 spiro atoms. The Morgan fingerprint density at radius 1 is 1.03 bits per heavy atom. The van der Waals surface area contributed by atoms with Gasteiger partial charge in [0.1, 0.15) is 23.7 Å². The van der Waals surface area contributed by atoms with E-state index in [-0.39, 0.29) is 6.54 Å². The van der Waals surface area contributed by atoms with Gasteiger partial charge in [0.25, 0.3) is 5.91 Å². The first-order valence-electron chi connectivity index (χ1n) is 9.76. The minimum atomic E-state index is -1.42. The van der Waals surface area contributed by atoms with Crippen molar-refractivity contribution in [2.75, 3.05) is 11.4 Å². The summed E-state index contributed by atoms with van der Waals surface area (Å²) < 4.78 is 26.7. The second kappa shape index (κ2) is 8.51. The number of halogens is 2. The van der Waals surface area contributed by atoms with Crippen LogP contribution in [0.1, 0.15) is 17.4 Å². The van der Waals surface area contributed by atoms with Gasteiger partial charge in [-0.2, -0.15) is 0 Å². The standard InChI is InChI=1S/C23H19F2N3O3S/c1-23(15-4-6-16(24)7-5-15)21(30)28(22(31)26-23)14-20(29)27(13-19-3-2-12-32-19)18-10-8-17(25)9-11-18/h2-12H,13-14H2,1H3,(H,26,31). The Hall–Kier alpha value is -3.59. The largest absolute Gasteiger partial charge is 0.325 e. The molecule has 1 N–H and O–H groups in total. The van der Waals surface area contributed by atoms with Gasteiger partial charge in [0.15, 0.2) is 0 Å². The van der Waals surface area contributed by atoms with Crippen LogP contribution in [-0.2, 0) is 21.7 Å². The van der Waals surface area contributed by atoms with E-state index in [1.54, 1.807) is 0 Å². The summed E-state index contributed by atoms with van der Waals surface area (Å²) in [5.74, 6) is -2.03. The van der Waals surface area contributed by atoms with Crippen molar-refractivity contribution in [2.45, 2.75) is 19.0 Å². The topological polar surface area (TPSA) is 69.7 Å². The Bertz CT molecular complexity index is 1150. The van der Waals surface area contributed by atoms with Crippen LogP contribution in [0.5, 0.6) is 0 Å². The van der Waals surface area contributed by atoms with Crippen LogP contribution in [0.4, 0.5) is 19.3 Å². The maximum absolute atomic E-state index is 13.4. The first kappa shape index (κ1) is 21.6. The van der Waals surface area contributed by atoms with Crippen molar-refractivity contribution in [3.05, 3.63) is 88.1 Å². The van der Waals surface area contributed by atoms with Gasteiger partial charge in [-0.25, -0.2) is 13.6 Å². The van der Waals surface area contributed by atoms with Gasteiger partial charge in [0.2, 0.25) is 5.91 Å². The quantitative estimate of drug-likeness (QED) is 0.571. The number of benzene rings is 2. The van der Waals surface area contributed by atoms with E-state index in [0.717, 1.165) is 9.78 Å². The van der Waals surface area contributed by atoms with Gasteiger partial charge >= 0.3 is 6.03 Å². The van der Waals surface area contributed by atoms with Crippen LogP contribution in [0, 0.1) is 11.6 Å². The zero-order valence-corrected chi connectivity index (χ0v) is 17.9. The third-order valence-electron chi connectivity index (χ3n) is 5.32. The molecule has 3 aromatic rings. The van der Waals surface area contributed by atoms with Crippen molar-refractivity contribution >= 4 is 34.9 Å². The van der Waals surface area contributed by atoms with E-state index in [1.807, 2.05) is 17.5 Å². The molecule has 2 heterocycles. The fraction of sp³-hybridized carbons (Fsp3) is 0.174. The first-order valence-corrected chi connectivity index (χ1v) is 10.6. The molecule has 0 bridgehead atoms. The molecule has 6 nitrogen and oxygen atoms in total. The highest BCUT2D eigenvalue weighted by atomic mass is 32.1. The van der Waals surface area contributed by atoms with E-state index in [1.165, 1.54) is 71.7 Å². The smallest absolute Gasteiger partial charge is 0.319 e. The monoisotopic (exact) mass is 455 g/mol. The van der Waals surface area contributed by atoms with Gasteiger partial charge in [-0.15, -0.1) is 11.3 Å². The molecule has 1 unspecified atom stereocenters. The zero-order chi connectivity index (χ0) is 22.9. The van der Waals surface area contributed by atoms with E-state index in [0.29, 0.717) is 11.3 Å². The van der Waals surface area contributed by atoms with Gasteiger partial charge < -0.3 is 10.2 Å². The lowest BCUT2D eigenvalue weighted by atomic mass is 9.92. The molecule has 4 rings (SSSR count). The zero-order valence-electron chi connectivity index (χ0n) is 17.0. The molecule has 1 aromatic heterocycles. The lowest BCUT2D eigenvalue weighted by Crippen LogP contribution is -2.44. The molecule has 0 aliphatic carbocycles. The summed E-state index contributed by atoms with van der Waals surface area (Å²) in [7, 11) is 0. The van der Waals surface area contributed by atoms with E-state index in [9.17, 15) is 23.2 Å². The van der Waals surface area contributed by atoms with Gasteiger partial charge in [-0.05, 0) is 60.3 Å². The molecular weight excluding hydrogens is 436 g/mol. The molecule has 1 atom stereocenters. The number of nitrogens with zero attached hydrogens (tertiary/aromatic N) is 2. The summed E-state index contributed by atoms with van der Waals surface area (Å²) in [6, 6.07) is 13.6. The van der Waals surface area contributed by atoms with E-state index < -0.39 is 41.6 Å². The van der Waals surface area contributed by atoms with Crippen molar-refractivity contribution in [2.24, 2.45) is 0 Å². The predicted molar refractivity (Wildman–Crippen MR) is 116 cm³/mol. The van der Waals surface area contributed by atoms with Crippen molar-refractivity contribution in [1.82, 2.24) is 10.2 Å². The SMILES string of the molecule is CC1(c2ccc(F)cc2)NC(=O)N(CC(=O)N(Cc2cccs2)c2ccc(F)cc2)C1=O. The van der Waals surface area contributed by atoms with Crippen LogP contribution in [0.25, 0.3) is 0 Å². The van der Waals surface area contributed by atoms with Crippen LogP contribution < -0.4 is 10.2 Å². The number of carbonyl (C=O) groups excluding carboxylic acids is 3. The summed E-state index contributed by atoms with van der Waals surface area (Å²) in [6.07, 6.45) is 0. The first-order chi connectivity index (χ1) is 15.3. The van der Waals surface area contributed by atoms with Crippen LogP contribution in [0.3, 0.4) is 0 Å². The molecule has 164 valence electrons. The van der Waals surface area contributed by atoms with Gasteiger partial charge in [-0.3, -0.25) is 14.5 Å². The van der Waals surface area contributed by atoms with E-state index in [2.05, 4.69) is 5.32 Å². The van der Waals surface area contributed by atoms with Crippen LogP contribution >= 0.6 is 11.3 Å². The van der Waals surface area contributed by atoms with Crippen molar-refractivity contribution in [3.8, 4) is 0 Å². The Morgan fingerprint density at radius 2 is 1.66 bits per heavy atom. The molecule has 1 saturated heterocycles. The summed E-state index contributed by atoms with van der Waals surface area (Å²) in [5.41, 5.74) is -0.571. The molecule has 9 heteroatoms. The summed E-state index contributed by atoms with van der Waals surface area (Å²) in [6.45, 7) is 1.22. The van der Waals surface area contributed by atoms with Gasteiger partial charge in [0, 0.05) is 10.6 Å². The lowest BCUT2D eigenvalue weighted by Gasteiger charge is -2.25. The molecule has 2 aromatic carbocycles. The summed E-state index contributed by atoms with van der Waals surface area (Å²) >= 11 is 1.45. The maximum atomic E-state index is 13.4. The minimum absolute atomic E-state index is 0.209. The number of anilines is 1. The maximum Gasteiger partial charge on any atom is 0.325 e. The molecule has 1 aliphatic rings. The molecule has 1 fully saturated rings. The molecule has 1 aliphatic heterocycles. The van der Waals surface area contributed by atoms with E-state index >= 15 is 0 Å². The number of imide groups is 1. The van der Waals surface area contributed by atoms with Crippen LogP contribution in [-0.4, -0.2) is 29.3 Å². The van der Waals surface area contributed by atoms with Crippen LogP contribution in [0.15, 0.2) is 66.0 Å². The average Bonchev–Trinajstić information content (AvgIpc) is 3.36. The number of urea groups is 1. The highest BCUT2D eigenvalue weighted by molar-refractivity contribution is 7.09. The Kier molecular flexibility index (Phi) is 5.75. The van der Waals surface area contributed by atoms with Gasteiger partial charge in [-0.1, -0.05) is 18.2 Å². The lowest BCUT2D eigenvalue weighted by molar-refractivity contribution is -0.134. The highest BCUT2D eigenvalue weighted by Crippen LogP contribution is 2.29. The Labute approximate surface area is 187 Å². The van der Waals surface area contributed by atoms with Crippen molar-refractivity contribution < 1.29 is 23.2 Å². The average molecular weight is 455 g/mol. The van der Waals surface area contributed by atoms with Crippen LogP contribution in [0.2, 0.25) is 0 Å². The number of thiophene rings is 1. The van der Waals surface area contributed by atoms with Crippen molar-refractivity contribution in [1.29, 1.82) is 0 Å². The number of carbonyl (C=O) groups is 3. The predicted octanol–water partition coefficient (Wildman–Crippen LogP) is 4.03.